The van der Waals surface area contributed by atoms with Gasteiger partial charge in [-0.15, -0.1) is 11.6 Å². The monoisotopic (exact) mass is 317 g/mol. The summed E-state index contributed by atoms with van der Waals surface area (Å²) in [4.78, 5) is -0.742. The molecular weight excluding hydrogens is 308 g/mol. The molecule has 0 radical (unpaired) electrons. The fraction of sp³-hybridized carbons (Fsp3) is 0.0769. The molecule has 0 aliphatic carbocycles. The first kappa shape index (κ1) is 14.7. The molecule has 0 aromatic heterocycles. The molecular formula is C13H10ClF2NO2S. The Morgan fingerprint density at radius 2 is 1.85 bits per heavy atom. The van der Waals surface area contributed by atoms with Crippen LogP contribution >= 0.6 is 11.6 Å². The Kier molecular flexibility index (Phi) is 4.25. The molecule has 0 atom stereocenters. The molecule has 0 bridgehead atoms. The van der Waals surface area contributed by atoms with Crippen molar-refractivity contribution in [2.75, 3.05) is 4.72 Å². The van der Waals surface area contributed by atoms with Gasteiger partial charge < -0.3 is 0 Å². The van der Waals surface area contributed by atoms with Crippen molar-refractivity contribution in [3.63, 3.8) is 0 Å². The fourth-order valence-electron chi connectivity index (χ4n) is 1.61. The van der Waals surface area contributed by atoms with Crippen LogP contribution in [0, 0.1) is 11.6 Å². The van der Waals surface area contributed by atoms with E-state index in [4.69, 9.17) is 11.6 Å². The van der Waals surface area contributed by atoms with Gasteiger partial charge in [-0.3, -0.25) is 4.72 Å². The number of hydrogen-bond donors (Lipinski definition) is 1. The number of hydrogen-bond acceptors (Lipinski definition) is 2. The summed E-state index contributed by atoms with van der Waals surface area (Å²) >= 11 is 5.65. The van der Waals surface area contributed by atoms with Gasteiger partial charge in [-0.1, -0.05) is 12.1 Å². The van der Waals surface area contributed by atoms with E-state index < -0.39 is 26.6 Å². The van der Waals surface area contributed by atoms with Crippen molar-refractivity contribution < 1.29 is 17.2 Å². The van der Waals surface area contributed by atoms with Crippen LogP contribution in [0.1, 0.15) is 5.56 Å². The maximum atomic E-state index is 13.5. The quantitative estimate of drug-likeness (QED) is 0.877. The molecule has 0 spiro atoms. The highest BCUT2D eigenvalue weighted by atomic mass is 35.5. The van der Waals surface area contributed by atoms with E-state index in [1.54, 1.807) is 12.1 Å². The molecule has 0 heterocycles. The molecule has 0 amide bonds. The minimum absolute atomic E-state index is 0.212. The van der Waals surface area contributed by atoms with Crippen molar-refractivity contribution in [1.82, 2.24) is 0 Å². The van der Waals surface area contributed by atoms with E-state index in [9.17, 15) is 17.2 Å². The average Bonchev–Trinajstić information content (AvgIpc) is 2.41. The van der Waals surface area contributed by atoms with E-state index in [0.717, 1.165) is 12.1 Å². The summed E-state index contributed by atoms with van der Waals surface area (Å²) in [7, 11) is -4.20. The highest BCUT2D eigenvalue weighted by Gasteiger charge is 2.20. The van der Waals surface area contributed by atoms with Crippen LogP contribution in [0.25, 0.3) is 0 Å². The van der Waals surface area contributed by atoms with Crippen LogP contribution in [0.15, 0.2) is 47.4 Å². The molecule has 0 saturated carbocycles. The normalized spacial score (nSPS) is 11.3. The molecule has 2 aromatic rings. The zero-order chi connectivity index (χ0) is 14.8. The van der Waals surface area contributed by atoms with Gasteiger partial charge in [0.15, 0.2) is 0 Å². The van der Waals surface area contributed by atoms with Crippen molar-refractivity contribution in [3.8, 4) is 0 Å². The molecule has 7 heteroatoms. The van der Waals surface area contributed by atoms with E-state index in [0.29, 0.717) is 11.6 Å². The fourth-order valence-corrected chi connectivity index (χ4v) is 2.92. The van der Waals surface area contributed by atoms with Gasteiger partial charge in [-0.05, 0) is 35.9 Å². The molecule has 0 aliphatic heterocycles. The summed E-state index contributed by atoms with van der Waals surface area (Å²) in [6.07, 6.45) is 0. The number of halogens is 3. The zero-order valence-electron chi connectivity index (χ0n) is 10.1. The lowest BCUT2D eigenvalue weighted by Gasteiger charge is -2.09. The molecule has 0 saturated heterocycles. The summed E-state index contributed by atoms with van der Waals surface area (Å²) in [5.74, 6) is -1.64. The maximum Gasteiger partial charge on any atom is 0.264 e. The predicted octanol–water partition coefficient (Wildman–Crippen LogP) is 3.50. The van der Waals surface area contributed by atoms with Crippen molar-refractivity contribution >= 4 is 27.3 Å². The standard InChI is InChI=1S/C13H10ClF2NO2S/c14-8-9-2-1-3-11(6-9)17-20(18,19)13-7-10(15)4-5-12(13)16/h1-7,17H,8H2. The summed E-state index contributed by atoms with van der Waals surface area (Å²) < 4.78 is 52.8. The number of benzene rings is 2. The smallest absolute Gasteiger partial charge is 0.264 e. The van der Waals surface area contributed by atoms with E-state index in [1.807, 2.05) is 0 Å². The second-order valence-corrected chi connectivity index (χ2v) is 5.93. The Bertz CT molecular complexity index is 735. The minimum Gasteiger partial charge on any atom is -0.280 e. The van der Waals surface area contributed by atoms with Crippen molar-refractivity contribution in [3.05, 3.63) is 59.7 Å². The Morgan fingerprint density at radius 3 is 2.55 bits per heavy atom. The van der Waals surface area contributed by atoms with Gasteiger partial charge in [0.25, 0.3) is 10.0 Å². The topological polar surface area (TPSA) is 46.2 Å². The number of alkyl halides is 1. The molecule has 0 unspecified atom stereocenters. The van der Waals surface area contributed by atoms with Gasteiger partial charge in [0.05, 0.1) is 0 Å². The number of rotatable bonds is 4. The summed E-state index contributed by atoms with van der Waals surface area (Å²) in [6.45, 7) is 0. The summed E-state index contributed by atoms with van der Waals surface area (Å²) in [5.41, 5.74) is 0.929. The molecule has 0 aliphatic rings. The largest absolute Gasteiger partial charge is 0.280 e. The second kappa shape index (κ2) is 5.76. The van der Waals surface area contributed by atoms with Gasteiger partial charge in [0.2, 0.25) is 0 Å². The van der Waals surface area contributed by atoms with Crippen LogP contribution in [0.2, 0.25) is 0 Å². The van der Waals surface area contributed by atoms with Crippen LogP contribution in [0.3, 0.4) is 0 Å². The van der Waals surface area contributed by atoms with Crippen LogP contribution in [-0.2, 0) is 15.9 Å². The third kappa shape index (κ3) is 3.26. The number of sulfonamides is 1. The Labute approximate surface area is 120 Å². The highest BCUT2D eigenvalue weighted by molar-refractivity contribution is 7.92. The molecule has 106 valence electrons. The Hall–Kier alpha value is -1.66. The average molecular weight is 318 g/mol. The highest BCUT2D eigenvalue weighted by Crippen LogP contribution is 2.21. The predicted molar refractivity (Wildman–Crippen MR) is 73.2 cm³/mol. The third-order valence-electron chi connectivity index (χ3n) is 2.52. The van der Waals surface area contributed by atoms with Crippen molar-refractivity contribution in [2.24, 2.45) is 0 Å². The summed E-state index contributed by atoms with van der Waals surface area (Å²) in [5, 5.41) is 0. The lowest BCUT2D eigenvalue weighted by molar-refractivity contribution is 0.555. The number of nitrogens with one attached hydrogen (secondary N) is 1. The maximum absolute atomic E-state index is 13.5. The van der Waals surface area contributed by atoms with E-state index >= 15 is 0 Å². The molecule has 0 fully saturated rings. The lowest BCUT2D eigenvalue weighted by atomic mass is 10.2. The molecule has 2 rings (SSSR count). The number of anilines is 1. The van der Waals surface area contributed by atoms with Crippen LogP contribution in [0.5, 0.6) is 0 Å². The third-order valence-corrected chi connectivity index (χ3v) is 4.22. The summed E-state index contributed by atoms with van der Waals surface area (Å²) in [6, 6.07) is 8.57. The SMILES string of the molecule is O=S(=O)(Nc1cccc(CCl)c1)c1cc(F)ccc1F. The van der Waals surface area contributed by atoms with Crippen LogP contribution in [-0.4, -0.2) is 8.42 Å². The zero-order valence-corrected chi connectivity index (χ0v) is 11.7. The van der Waals surface area contributed by atoms with Gasteiger partial charge in [0, 0.05) is 11.6 Å². The van der Waals surface area contributed by atoms with Gasteiger partial charge in [0.1, 0.15) is 16.5 Å². The molecule has 1 N–H and O–H groups in total. The van der Waals surface area contributed by atoms with Gasteiger partial charge in [-0.25, -0.2) is 17.2 Å². The van der Waals surface area contributed by atoms with E-state index in [2.05, 4.69) is 4.72 Å². The Balaban J connectivity index is 2.38. The first-order chi connectivity index (χ1) is 9.42. The van der Waals surface area contributed by atoms with E-state index in [1.165, 1.54) is 12.1 Å². The van der Waals surface area contributed by atoms with Gasteiger partial charge >= 0.3 is 0 Å². The molecule has 20 heavy (non-hydrogen) atoms. The lowest BCUT2D eigenvalue weighted by Crippen LogP contribution is -2.15. The van der Waals surface area contributed by atoms with Crippen LogP contribution < -0.4 is 4.72 Å². The van der Waals surface area contributed by atoms with Crippen molar-refractivity contribution in [1.29, 1.82) is 0 Å². The van der Waals surface area contributed by atoms with Gasteiger partial charge in [-0.2, -0.15) is 0 Å². The first-order valence-electron chi connectivity index (χ1n) is 5.55. The molecule has 2 aromatic carbocycles. The second-order valence-electron chi connectivity index (χ2n) is 4.01. The minimum atomic E-state index is -4.20. The first-order valence-corrected chi connectivity index (χ1v) is 7.57. The Morgan fingerprint density at radius 1 is 1.10 bits per heavy atom. The van der Waals surface area contributed by atoms with E-state index in [-0.39, 0.29) is 11.6 Å². The molecule has 3 nitrogen and oxygen atoms in total. The van der Waals surface area contributed by atoms with Crippen LogP contribution in [0.4, 0.5) is 14.5 Å². The van der Waals surface area contributed by atoms with Crippen molar-refractivity contribution in [2.45, 2.75) is 10.8 Å².